The fourth-order valence-corrected chi connectivity index (χ4v) is 4.08. The Labute approximate surface area is 105 Å². The third-order valence-electron chi connectivity index (χ3n) is 5.01. The van der Waals surface area contributed by atoms with Gasteiger partial charge < -0.3 is 10.5 Å². The van der Waals surface area contributed by atoms with Crippen molar-refractivity contribution in [3.05, 3.63) is 0 Å². The van der Waals surface area contributed by atoms with E-state index in [9.17, 15) is 0 Å². The molecule has 3 rings (SSSR count). The maximum atomic E-state index is 6.45. The molecule has 0 bridgehead atoms. The van der Waals surface area contributed by atoms with Gasteiger partial charge in [0.25, 0.3) is 0 Å². The Bertz CT molecular complexity index is 261. The van der Waals surface area contributed by atoms with Crippen molar-refractivity contribution in [1.82, 2.24) is 4.90 Å². The standard InChI is InChI=1S/C14H26N2O/c15-14(7-9-17-11-14)10-16-8-3-5-12-4-1-2-6-13(12)16/h12-13H,1-11,15H2. The summed E-state index contributed by atoms with van der Waals surface area (Å²) in [6.07, 6.45) is 9.60. The number of rotatable bonds is 2. The zero-order valence-electron chi connectivity index (χ0n) is 10.9. The van der Waals surface area contributed by atoms with Gasteiger partial charge in [0.15, 0.2) is 0 Å². The Morgan fingerprint density at radius 3 is 2.82 bits per heavy atom. The molecule has 0 aromatic heterocycles. The number of nitrogens with zero attached hydrogens (tertiary/aromatic N) is 1. The van der Waals surface area contributed by atoms with E-state index in [1.807, 2.05) is 0 Å². The fourth-order valence-electron chi connectivity index (χ4n) is 4.08. The monoisotopic (exact) mass is 238 g/mol. The first-order valence-corrected chi connectivity index (χ1v) is 7.38. The van der Waals surface area contributed by atoms with Crippen molar-refractivity contribution in [3.8, 4) is 0 Å². The van der Waals surface area contributed by atoms with E-state index in [-0.39, 0.29) is 5.54 Å². The predicted molar refractivity (Wildman–Crippen MR) is 68.9 cm³/mol. The Morgan fingerprint density at radius 2 is 2.00 bits per heavy atom. The van der Waals surface area contributed by atoms with Crippen molar-refractivity contribution < 1.29 is 4.74 Å². The van der Waals surface area contributed by atoms with Gasteiger partial charge in [-0.15, -0.1) is 0 Å². The molecule has 0 aromatic carbocycles. The highest BCUT2D eigenvalue weighted by atomic mass is 16.5. The fraction of sp³-hybridized carbons (Fsp3) is 1.00. The molecule has 98 valence electrons. The lowest BCUT2D eigenvalue weighted by molar-refractivity contribution is 0.0396. The van der Waals surface area contributed by atoms with Crippen LogP contribution in [0.5, 0.6) is 0 Å². The van der Waals surface area contributed by atoms with Crippen molar-refractivity contribution in [2.24, 2.45) is 11.7 Å². The Hall–Kier alpha value is -0.120. The molecule has 2 saturated heterocycles. The van der Waals surface area contributed by atoms with Crippen LogP contribution in [0.4, 0.5) is 0 Å². The van der Waals surface area contributed by atoms with Crippen LogP contribution in [0.25, 0.3) is 0 Å². The van der Waals surface area contributed by atoms with Gasteiger partial charge in [-0.2, -0.15) is 0 Å². The average molecular weight is 238 g/mol. The minimum Gasteiger partial charge on any atom is -0.379 e. The van der Waals surface area contributed by atoms with Gasteiger partial charge >= 0.3 is 0 Å². The predicted octanol–water partition coefficient (Wildman–Crippen LogP) is 1.76. The Kier molecular flexibility index (Phi) is 3.42. The third-order valence-corrected chi connectivity index (χ3v) is 5.01. The summed E-state index contributed by atoms with van der Waals surface area (Å²) in [5, 5.41) is 0. The van der Waals surface area contributed by atoms with Gasteiger partial charge in [-0.1, -0.05) is 12.8 Å². The molecule has 0 amide bonds. The van der Waals surface area contributed by atoms with E-state index in [4.69, 9.17) is 10.5 Å². The first kappa shape index (κ1) is 11.9. The molecule has 2 aliphatic heterocycles. The smallest absolute Gasteiger partial charge is 0.0659 e. The van der Waals surface area contributed by atoms with E-state index >= 15 is 0 Å². The number of nitrogens with two attached hydrogens (primary N) is 1. The first-order chi connectivity index (χ1) is 8.27. The molecule has 2 heterocycles. The molecule has 2 N–H and O–H groups in total. The summed E-state index contributed by atoms with van der Waals surface area (Å²) in [6.45, 7) is 3.95. The molecule has 1 aliphatic carbocycles. The van der Waals surface area contributed by atoms with Crippen LogP contribution < -0.4 is 5.73 Å². The highest BCUT2D eigenvalue weighted by Crippen LogP contribution is 2.36. The molecule has 1 saturated carbocycles. The van der Waals surface area contributed by atoms with Gasteiger partial charge in [0.1, 0.15) is 0 Å². The van der Waals surface area contributed by atoms with Crippen molar-refractivity contribution in [1.29, 1.82) is 0 Å². The van der Waals surface area contributed by atoms with E-state index < -0.39 is 0 Å². The Morgan fingerprint density at radius 1 is 1.18 bits per heavy atom. The maximum absolute atomic E-state index is 6.45. The molecule has 3 nitrogen and oxygen atoms in total. The average Bonchev–Trinajstić information content (AvgIpc) is 2.76. The largest absolute Gasteiger partial charge is 0.379 e. The van der Waals surface area contributed by atoms with Gasteiger partial charge in [0.05, 0.1) is 12.1 Å². The van der Waals surface area contributed by atoms with Crippen LogP contribution in [-0.2, 0) is 4.74 Å². The zero-order valence-corrected chi connectivity index (χ0v) is 10.9. The second-order valence-electron chi connectivity index (χ2n) is 6.39. The lowest BCUT2D eigenvalue weighted by Crippen LogP contribution is -2.57. The van der Waals surface area contributed by atoms with E-state index in [0.717, 1.165) is 38.1 Å². The number of ether oxygens (including phenoxy) is 1. The SMILES string of the molecule is NC1(CN2CCCC3CCCCC32)CCOC1. The van der Waals surface area contributed by atoms with Gasteiger partial charge in [-0.3, -0.25) is 4.90 Å². The van der Waals surface area contributed by atoms with Crippen LogP contribution >= 0.6 is 0 Å². The topological polar surface area (TPSA) is 38.5 Å². The van der Waals surface area contributed by atoms with Crippen LogP contribution in [0.1, 0.15) is 44.9 Å². The summed E-state index contributed by atoms with van der Waals surface area (Å²) in [6, 6.07) is 0.832. The number of hydrogen-bond donors (Lipinski definition) is 1. The third kappa shape index (κ3) is 2.51. The molecule has 3 atom stereocenters. The molecule has 0 radical (unpaired) electrons. The van der Waals surface area contributed by atoms with Gasteiger partial charge in [-0.05, 0) is 44.6 Å². The molecular weight excluding hydrogens is 212 g/mol. The lowest BCUT2D eigenvalue weighted by Gasteiger charge is -2.46. The number of piperidine rings is 1. The highest BCUT2D eigenvalue weighted by molar-refractivity contribution is 4.96. The molecule has 0 spiro atoms. The molecule has 17 heavy (non-hydrogen) atoms. The van der Waals surface area contributed by atoms with Crippen molar-refractivity contribution in [2.45, 2.75) is 56.5 Å². The molecule has 0 aromatic rings. The molecule has 3 heteroatoms. The summed E-state index contributed by atoms with van der Waals surface area (Å²) in [4.78, 5) is 2.70. The van der Waals surface area contributed by atoms with Gasteiger partial charge in [0.2, 0.25) is 0 Å². The van der Waals surface area contributed by atoms with Gasteiger partial charge in [-0.25, -0.2) is 0 Å². The molecular formula is C14H26N2O. The second-order valence-corrected chi connectivity index (χ2v) is 6.39. The van der Waals surface area contributed by atoms with E-state index in [0.29, 0.717) is 0 Å². The number of fused-ring (bicyclic) bond motifs is 1. The normalized spacial score (nSPS) is 43.6. The summed E-state index contributed by atoms with van der Waals surface area (Å²) < 4.78 is 5.49. The van der Waals surface area contributed by atoms with Crippen molar-refractivity contribution in [2.75, 3.05) is 26.3 Å². The zero-order chi connectivity index (χ0) is 11.7. The molecule has 3 fully saturated rings. The van der Waals surface area contributed by atoms with Crippen LogP contribution in [-0.4, -0.2) is 42.8 Å². The van der Waals surface area contributed by atoms with Crippen LogP contribution in [0.3, 0.4) is 0 Å². The highest BCUT2D eigenvalue weighted by Gasteiger charge is 2.38. The van der Waals surface area contributed by atoms with Crippen LogP contribution in [0.15, 0.2) is 0 Å². The van der Waals surface area contributed by atoms with Gasteiger partial charge in [0, 0.05) is 19.2 Å². The van der Waals surface area contributed by atoms with E-state index in [1.165, 1.54) is 45.1 Å². The Balaban J connectivity index is 1.64. The molecule has 3 aliphatic rings. The quantitative estimate of drug-likeness (QED) is 0.796. The first-order valence-electron chi connectivity index (χ1n) is 7.38. The van der Waals surface area contributed by atoms with E-state index in [1.54, 1.807) is 0 Å². The molecule has 3 unspecified atom stereocenters. The second kappa shape index (κ2) is 4.87. The minimum atomic E-state index is -0.0562. The lowest BCUT2D eigenvalue weighted by atomic mass is 9.77. The summed E-state index contributed by atoms with van der Waals surface area (Å²) in [7, 11) is 0. The van der Waals surface area contributed by atoms with Crippen LogP contribution in [0, 0.1) is 5.92 Å². The van der Waals surface area contributed by atoms with Crippen molar-refractivity contribution in [3.63, 3.8) is 0 Å². The summed E-state index contributed by atoms with van der Waals surface area (Å²) in [5.74, 6) is 0.962. The minimum absolute atomic E-state index is 0.0562. The van der Waals surface area contributed by atoms with E-state index in [2.05, 4.69) is 4.90 Å². The van der Waals surface area contributed by atoms with Crippen molar-refractivity contribution >= 4 is 0 Å². The number of likely N-dealkylation sites (tertiary alicyclic amines) is 1. The van der Waals surface area contributed by atoms with Crippen LogP contribution in [0.2, 0.25) is 0 Å². The number of hydrogen-bond acceptors (Lipinski definition) is 3. The maximum Gasteiger partial charge on any atom is 0.0659 e. The summed E-state index contributed by atoms with van der Waals surface area (Å²) >= 11 is 0. The summed E-state index contributed by atoms with van der Waals surface area (Å²) in [5.41, 5.74) is 6.39.